The first-order chi connectivity index (χ1) is 14.2. The van der Waals surface area contributed by atoms with Gasteiger partial charge in [0.2, 0.25) is 0 Å². The molecule has 0 bridgehead atoms. The number of anilines is 1. The highest BCUT2D eigenvalue weighted by Gasteiger charge is 2.22. The maximum atomic E-state index is 12.9. The zero-order chi connectivity index (χ0) is 21.5. The van der Waals surface area contributed by atoms with E-state index >= 15 is 0 Å². The predicted molar refractivity (Wildman–Crippen MR) is 121 cm³/mol. The molecule has 2 aromatic carbocycles. The number of aromatic nitrogens is 1. The van der Waals surface area contributed by atoms with E-state index in [1.54, 1.807) is 0 Å². The number of rotatable bonds is 3. The molecule has 30 heavy (non-hydrogen) atoms. The number of carbonyl (C=O) groups is 2. The lowest BCUT2D eigenvalue weighted by Crippen LogP contribution is -2.28. The summed E-state index contributed by atoms with van der Waals surface area (Å²) < 4.78 is 0. The van der Waals surface area contributed by atoms with Crippen LogP contribution in [-0.2, 0) is 5.41 Å². The molecule has 2 N–H and O–H groups in total. The lowest BCUT2D eigenvalue weighted by Gasteiger charge is -2.18. The second kappa shape index (κ2) is 7.63. The molecular weight excluding hydrogens is 374 g/mol. The summed E-state index contributed by atoms with van der Waals surface area (Å²) in [5, 5.41) is 3.98. The highest BCUT2D eigenvalue weighted by Crippen LogP contribution is 2.27. The second-order valence-corrected chi connectivity index (χ2v) is 9.17. The number of nitrogens with one attached hydrogen (secondary N) is 2. The zero-order valence-corrected chi connectivity index (χ0v) is 18.1. The van der Waals surface area contributed by atoms with Crippen LogP contribution in [0.4, 0.5) is 5.69 Å². The molecule has 5 heteroatoms. The molecule has 4 rings (SSSR count). The topological polar surface area (TPSA) is 65.2 Å². The molecule has 0 saturated carbocycles. The highest BCUT2D eigenvalue weighted by molar-refractivity contribution is 6.07. The number of likely N-dealkylation sites (tertiary alicyclic amines) is 1. The van der Waals surface area contributed by atoms with Crippen LogP contribution in [0.25, 0.3) is 10.9 Å². The van der Waals surface area contributed by atoms with Gasteiger partial charge in [-0.25, -0.2) is 0 Å². The maximum Gasteiger partial charge on any atom is 0.272 e. The third-order valence-corrected chi connectivity index (χ3v) is 5.94. The minimum Gasteiger partial charge on any atom is -0.351 e. The molecule has 0 atom stereocenters. The van der Waals surface area contributed by atoms with Crippen LogP contribution in [0.2, 0.25) is 0 Å². The van der Waals surface area contributed by atoms with Gasteiger partial charge in [-0.15, -0.1) is 0 Å². The molecule has 1 aliphatic heterocycles. The molecule has 1 aliphatic rings. The van der Waals surface area contributed by atoms with Crippen molar-refractivity contribution >= 4 is 28.4 Å². The van der Waals surface area contributed by atoms with Crippen LogP contribution in [0.5, 0.6) is 0 Å². The average molecular weight is 404 g/mol. The largest absolute Gasteiger partial charge is 0.351 e. The van der Waals surface area contributed by atoms with E-state index in [0.717, 1.165) is 42.4 Å². The minimum atomic E-state index is -0.211. The van der Waals surface area contributed by atoms with E-state index < -0.39 is 0 Å². The van der Waals surface area contributed by atoms with E-state index in [2.05, 4.69) is 43.2 Å². The minimum absolute atomic E-state index is 0.0428. The quantitative estimate of drug-likeness (QED) is 0.626. The normalized spacial score (nSPS) is 14.3. The van der Waals surface area contributed by atoms with Gasteiger partial charge in [0, 0.05) is 35.2 Å². The highest BCUT2D eigenvalue weighted by atomic mass is 16.2. The van der Waals surface area contributed by atoms with Crippen molar-refractivity contribution in [3.05, 3.63) is 64.8 Å². The lowest BCUT2D eigenvalue weighted by molar-refractivity contribution is 0.0791. The van der Waals surface area contributed by atoms with Crippen molar-refractivity contribution in [3.8, 4) is 0 Å². The summed E-state index contributed by atoms with van der Waals surface area (Å²) in [6.45, 7) is 10.0. The molecule has 3 aromatic rings. The maximum absolute atomic E-state index is 12.9. The lowest BCUT2D eigenvalue weighted by atomic mass is 9.87. The molecule has 1 aromatic heterocycles. The summed E-state index contributed by atoms with van der Waals surface area (Å²) in [5.74, 6) is -0.168. The smallest absolute Gasteiger partial charge is 0.272 e. The van der Waals surface area contributed by atoms with Crippen molar-refractivity contribution in [2.24, 2.45) is 0 Å². The fourth-order valence-electron chi connectivity index (χ4n) is 4.00. The Kier molecular flexibility index (Phi) is 5.14. The molecule has 5 nitrogen and oxygen atoms in total. The molecule has 1 fully saturated rings. The van der Waals surface area contributed by atoms with Crippen molar-refractivity contribution in [2.75, 3.05) is 18.4 Å². The third-order valence-electron chi connectivity index (χ3n) is 5.94. The predicted octanol–water partition coefficient (Wildman–Crippen LogP) is 5.26. The van der Waals surface area contributed by atoms with Gasteiger partial charge in [0.1, 0.15) is 5.69 Å². The molecule has 2 amide bonds. The van der Waals surface area contributed by atoms with E-state index in [4.69, 9.17) is 0 Å². The summed E-state index contributed by atoms with van der Waals surface area (Å²) in [6.07, 6.45) is 2.11. The number of carbonyl (C=O) groups excluding carboxylic acids is 2. The van der Waals surface area contributed by atoms with Gasteiger partial charge in [0.05, 0.1) is 0 Å². The van der Waals surface area contributed by atoms with E-state index in [-0.39, 0.29) is 17.2 Å². The summed E-state index contributed by atoms with van der Waals surface area (Å²) >= 11 is 0. The van der Waals surface area contributed by atoms with Crippen LogP contribution in [0.1, 0.15) is 65.6 Å². The van der Waals surface area contributed by atoms with E-state index in [1.165, 1.54) is 5.56 Å². The fourth-order valence-corrected chi connectivity index (χ4v) is 4.00. The van der Waals surface area contributed by atoms with Crippen LogP contribution in [0.15, 0.2) is 42.5 Å². The van der Waals surface area contributed by atoms with Crippen molar-refractivity contribution < 1.29 is 9.59 Å². The van der Waals surface area contributed by atoms with E-state index in [0.29, 0.717) is 16.9 Å². The van der Waals surface area contributed by atoms with Crippen LogP contribution in [-0.4, -0.2) is 34.8 Å². The Balaban J connectivity index is 1.58. The van der Waals surface area contributed by atoms with Gasteiger partial charge in [0.15, 0.2) is 0 Å². The van der Waals surface area contributed by atoms with Gasteiger partial charge in [0.25, 0.3) is 11.8 Å². The van der Waals surface area contributed by atoms with Gasteiger partial charge in [-0.05, 0) is 60.6 Å². The van der Waals surface area contributed by atoms with E-state index in [1.807, 2.05) is 42.2 Å². The van der Waals surface area contributed by atoms with Crippen molar-refractivity contribution in [3.63, 3.8) is 0 Å². The molecule has 0 spiro atoms. The zero-order valence-electron chi connectivity index (χ0n) is 18.1. The van der Waals surface area contributed by atoms with Crippen LogP contribution in [0, 0.1) is 6.92 Å². The van der Waals surface area contributed by atoms with Crippen LogP contribution < -0.4 is 5.32 Å². The average Bonchev–Trinajstić information content (AvgIpc) is 3.37. The van der Waals surface area contributed by atoms with Crippen LogP contribution >= 0.6 is 0 Å². The molecule has 2 heterocycles. The molecule has 0 unspecified atom stereocenters. The number of hydrogen-bond acceptors (Lipinski definition) is 2. The van der Waals surface area contributed by atoms with Gasteiger partial charge >= 0.3 is 0 Å². The summed E-state index contributed by atoms with van der Waals surface area (Å²) in [6, 6.07) is 13.6. The molecule has 0 aliphatic carbocycles. The first kappa shape index (κ1) is 20.2. The molecule has 1 saturated heterocycles. The Morgan fingerprint density at radius 1 is 1.03 bits per heavy atom. The van der Waals surface area contributed by atoms with Crippen LogP contribution in [0.3, 0.4) is 0 Å². The number of benzene rings is 2. The second-order valence-electron chi connectivity index (χ2n) is 9.17. The standard InChI is InChI=1S/C25H29N3O2/c1-16-19(24(30)28-12-5-6-13-28)8-7-9-20(16)27-23(29)22-14-17-10-11-18(25(2,3)4)15-21(17)26-22/h7-11,14-15,26H,5-6,12-13H2,1-4H3,(H,27,29). The van der Waals surface area contributed by atoms with Gasteiger partial charge in [-0.3, -0.25) is 9.59 Å². The molecule has 156 valence electrons. The number of hydrogen-bond donors (Lipinski definition) is 2. The molecular formula is C25H29N3O2. The Morgan fingerprint density at radius 2 is 1.77 bits per heavy atom. The van der Waals surface area contributed by atoms with Crippen molar-refractivity contribution in [2.45, 2.75) is 46.0 Å². The third kappa shape index (κ3) is 3.84. The summed E-state index contributed by atoms with van der Waals surface area (Å²) in [4.78, 5) is 30.9. The number of aromatic amines is 1. The van der Waals surface area contributed by atoms with Gasteiger partial charge in [-0.1, -0.05) is 39.0 Å². The number of H-pyrrole nitrogens is 1. The van der Waals surface area contributed by atoms with Gasteiger partial charge < -0.3 is 15.2 Å². The van der Waals surface area contributed by atoms with Crippen molar-refractivity contribution in [1.29, 1.82) is 0 Å². The number of fused-ring (bicyclic) bond motifs is 1. The summed E-state index contributed by atoms with van der Waals surface area (Å²) in [5.41, 5.74) is 4.83. The van der Waals surface area contributed by atoms with Gasteiger partial charge in [-0.2, -0.15) is 0 Å². The molecule has 0 radical (unpaired) electrons. The Labute approximate surface area is 177 Å². The Morgan fingerprint density at radius 3 is 2.47 bits per heavy atom. The SMILES string of the molecule is Cc1c(NC(=O)c2cc3ccc(C(C)(C)C)cc3[nH]2)cccc1C(=O)N1CCCC1. The van der Waals surface area contributed by atoms with Crippen molar-refractivity contribution in [1.82, 2.24) is 9.88 Å². The summed E-state index contributed by atoms with van der Waals surface area (Å²) in [7, 11) is 0. The Bertz CT molecular complexity index is 1120. The van der Waals surface area contributed by atoms with E-state index in [9.17, 15) is 9.59 Å². The monoisotopic (exact) mass is 403 g/mol. The first-order valence-corrected chi connectivity index (χ1v) is 10.6. The Hall–Kier alpha value is -3.08. The number of nitrogens with zero attached hydrogens (tertiary/aromatic N) is 1. The number of amides is 2. The fraction of sp³-hybridized carbons (Fsp3) is 0.360. The first-order valence-electron chi connectivity index (χ1n) is 10.6.